The quantitative estimate of drug-likeness (QED) is 0.413. The number of hydrogen-bond acceptors (Lipinski definition) is 4. The van der Waals surface area contributed by atoms with E-state index in [9.17, 15) is 9.35 Å². The number of rotatable bonds is 12. The molecule has 6 nitrogen and oxygen atoms in total. The van der Waals surface area contributed by atoms with Gasteiger partial charge in [0.2, 0.25) is 5.91 Å². The minimum atomic E-state index is -0.990. The number of carbonyl (C=O) groups is 1. The van der Waals surface area contributed by atoms with E-state index < -0.39 is 11.2 Å². The number of aromatic nitrogens is 2. The number of nitrogens with zero attached hydrogens (tertiary/aromatic N) is 2. The summed E-state index contributed by atoms with van der Waals surface area (Å²) in [6, 6.07) is 7.58. The van der Waals surface area contributed by atoms with Crippen LogP contribution in [-0.4, -0.2) is 50.9 Å². The van der Waals surface area contributed by atoms with Crippen molar-refractivity contribution < 1.29 is 9.35 Å². The highest BCUT2D eigenvalue weighted by atomic mass is 32.2. The van der Waals surface area contributed by atoms with E-state index in [1.807, 2.05) is 24.3 Å². The summed E-state index contributed by atoms with van der Waals surface area (Å²) in [6.45, 7) is 11.4. The number of amides is 1. The molecule has 0 aliphatic carbocycles. The van der Waals surface area contributed by atoms with Crippen LogP contribution < -0.4 is 5.32 Å². The van der Waals surface area contributed by atoms with Crippen LogP contribution in [0.2, 0.25) is 0 Å². The Labute approximate surface area is 176 Å². The van der Waals surface area contributed by atoms with Gasteiger partial charge in [-0.2, -0.15) is 5.10 Å². The summed E-state index contributed by atoms with van der Waals surface area (Å²) in [5.41, 5.74) is 2.54. The number of benzene rings is 1. The van der Waals surface area contributed by atoms with Gasteiger partial charge in [0.15, 0.2) is 4.90 Å². The van der Waals surface area contributed by atoms with Crippen LogP contribution in [0.15, 0.2) is 48.0 Å². The molecule has 1 amide bonds. The normalized spacial score (nSPS) is 12.4. The van der Waals surface area contributed by atoms with Crippen molar-refractivity contribution in [3.8, 4) is 0 Å². The molecular formula is C22H30N4O2S. The number of carbonyl (C=O) groups excluding carboxylic acids is 1. The first-order chi connectivity index (χ1) is 14.1. The maximum absolute atomic E-state index is 12.4. The van der Waals surface area contributed by atoms with Crippen molar-refractivity contribution in [2.75, 3.05) is 25.4 Å². The van der Waals surface area contributed by atoms with Gasteiger partial charge in [-0.05, 0) is 54.1 Å². The fraction of sp³-hybridized carbons (Fsp3) is 0.364. The molecule has 0 aliphatic rings. The fourth-order valence-corrected chi connectivity index (χ4v) is 3.92. The summed E-state index contributed by atoms with van der Waals surface area (Å²) in [4.78, 5) is 15.2. The number of hydrogen-bond donors (Lipinski definition) is 2. The van der Waals surface area contributed by atoms with Gasteiger partial charge in [0.1, 0.15) is 5.75 Å². The largest absolute Gasteiger partial charge is 0.611 e. The van der Waals surface area contributed by atoms with Gasteiger partial charge in [-0.3, -0.25) is 9.89 Å². The molecule has 29 heavy (non-hydrogen) atoms. The SMILES string of the molecule is C=Cc1[nH]ncc1/C=C/C(=O)NCc1ccc([S+]([O-])CCCN(CC)CC)cc1. The molecule has 0 radical (unpaired) electrons. The lowest BCUT2D eigenvalue weighted by molar-refractivity contribution is -0.116. The number of nitrogens with one attached hydrogen (secondary N) is 2. The van der Waals surface area contributed by atoms with Crippen molar-refractivity contribution in [2.45, 2.75) is 31.7 Å². The Balaban J connectivity index is 1.78. The first-order valence-corrected chi connectivity index (χ1v) is 11.2. The van der Waals surface area contributed by atoms with Gasteiger partial charge in [0.05, 0.1) is 11.9 Å². The molecule has 1 unspecified atom stereocenters. The van der Waals surface area contributed by atoms with Crippen molar-refractivity contribution >= 4 is 29.2 Å². The van der Waals surface area contributed by atoms with Crippen molar-refractivity contribution in [1.29, 1.82) is 0 Å². The lowest BCUT2D eigenvalue weighted by atomic mass is 10.2. The second kappa shape index (κ2) is 12.3. The molecule has 1 aromatic carbocycles. The predicted octanol–water partition coefficient (Wildman–Crippen LogP) is 3.22. The van der Waals surface area contributed by atoms with E-state index >= 15 is 0 Å². The summed E-state index contributed by atoms with van der Waals surface area (Å²) in [5.74, 6) is 0.475. The first kappa shape index (κ1) is 22.9. The number of aromatic amines is 1. The second-order valence-corrected chi connectivity index (χ2v) is 8.14. The van der Waals surface area contributed by atoms with Gasteiger partial charge in [-0.15, -0.1) is 0 Å². The maximum Gasteiger partial charge on any atom is 0.244 e. The molecule has 7 heteroatoms. The molecule has 0 fully saturated rings. The van der Waals surface area contributed by atoms with Crippen molar-refractivity contribution in [1.82, 2.24) is 20.4 Å². The minimum absolute atomic E-state index is 0.190. The minimum Gasteiger partial charge on any atom is -0.611 e. The highest BCUT2D eigenvalue weighted by molar-refractivity contribution is 7.91. The smallest absolute Gasteiger partial charge is 0.244 e. The van der Waals surface area contributed by atoms with Gasteiger partial charge in [0, 0.05) is 31.1 Å². The standard InChI is InChI=1S/C22H30N4O2S/c1-4-21-19(17-24-25-21)10-13-22(27)23-16-18-8-11-20(12-9-18)29(28)15-7-14-26(5-2)6-3/h4,8-13,17H,1,5-7,14-16H2,2-3H3,(H,23,27)(H,24,25)/b13-10+. The molecule has 0 saturated heterocycles. The van der Waals surface area contributed by atoms with Crippen LogP contribution in [0.4, 0.5) is 0 Å². The van der Waals surface area contributed by atoms with E-state index in [2.05, 4.69) is 40.8 Å². The molecule has 0 spiro atoms. The average molecular weight is 415 g/mol. The lowest BCUT2D eigenvalue weighted by Gasteiger charge is -2.18. The molecule has 1 heterocycles. The third kappa shape index (κ3) is 7.53. The molecule has 2 N–H and O–H groups in total. The average Bonchev–Trinajstić information content (AvgIpc) is 3.21. The third-order valence-corrected chi connectivity index (χ3v) is 6.13. The molecule has 0 aliphatic heterocycles. The van der Waals surface area contributed by atoms with E-state index in [1.54, 1.807) is 18.3 Å². The monoisotopic (exact) mass is 414 g/mol. The van der Waals surface area contributed by atoms with Gasteiger partial charge < -0.3 is 14.8 Å². The summed E-state index contributed by atoms with van der Waals surface area (Å²) < 4.78 is 12.4. The molecule has 2 aromatic rings. The zero-order valence-corrected chi connectivity index (χ0v) is 18.0. The van der Waals surface area contributed by atoms with E-state index in [0.717, 1.165) is 47.8 Å². The Morgan fingerprint density at radius 2 is 2.03 bits per heavy atom. The van der Waals surface area contributed by atoms with Crippen molar-refractivity contribution in [3.63, 3.8) is 0 Å². The Hall–Kier alpha value is -2.35. The van der Waals surface area contributed by atoms with E-state index in [1.165, 1.54) is 6.08 Å². The third-order valence-electron chi connectivity index (χ3n) is 4.67. The van der Waals surface area contributed by atoms with Crippen LogP contribution in [0, 0.1) is 0 Å². The van der Waals surface area contributed by atoms with Crippen LogP contribution in [0.25, 0.3) is 12.2 Å². The van der Waals surface area contributed by atoms with E-state index in [0.29, 0.717) is 12.3 Å². The van der Waals surface area contributed by atoms with E-state index in [4.69, 9.17) is 0 Å². The summed E-state index contributed by atoms with van der Waals surface area (Å²) >= 11 is -0.990. The first-order valence-electron chi connectivity index (χ1n) is 9.88. The summed E-state index contributed by atoms with van der Waals surface area (Å²) in [6.07, 6.45) is 7.38. The molecular weight excluding hydrogens is 384 g/mol. The molecule has 156 valence electrons. The second-order valence-electron chi connectivity index (χ2n) is 6.57. The van der Waals surface area contributed by atoms with Gasteiger partial charge in [0.25, 0.3) is 0 Å². The van der Waals surface area contributed by atoms with E-state index in [-0.39, 0.29) is 5.91 Å². The molecule has 1 aromatic heterocycles. The highest BCUT2D eigenvalue weighted by Gasteiger charge is 2.11. The zero-order chi connectivity index (χ0) is 21.1. The molecule has 0 saturated carbocycles. The fourth-order valence-electron chi connectivity index (χ4n) is 2.85. The topological polar surface area (TPSA) is 84.1 Å². The molecule has 1 atom stereocenters. The Morgan fingerprint density at radius 1 is 1.31 bits per heavy atom. The van der Waals surface area contributed by atoms with Gasteiger partial charge >= 0.3 is 0 Å². The van der Waals surface area contributed by atoms with Crippen molar-refractivity contribution in [2.24, 2.45) is 0 Å². The Morgan fingerprint density at radius 3 is 2.69 bits per heavy atom. The Kier molecular flexibility index (Phi) is 9.70. The summed E-state index contributed by atoms with van der Waals surface area (Å²) in [7, 11) is 0. The van der Waals surface area contributed by atoms with Crippen LogP contribution in [-0.2, 0) is 22.5 Å². The molecule has 2 rings (SSSR count). The number of H-pyrrole nitrogens is 1. The maximum atomic E-state index is 12.4. The predicted molar refractivity (Wildman–Crippen MR) is 120 cm³/mol. The van der Waals surface area contributed by atoms with Crippen molar-refractivity contribution in [3.05, 3.63) is 59.9 Å². The highest BCUT2D eigenvalue weighted by Crippen LogP contribution is 2.14. The van der Waals surface area contributed by atoms with Crippen LogP contribution >= 0.6 is 0 Å². The van der Waals surface area contributed by atoms with Crippen LogP contribution in [0.5, 0.6) is 0 Å². The zero-order valence-electron chi connectivity index (χ0n) is 17.2. The van der Waals surface area contributed by atoms with Crippen LogP contribution in [0.1, 0.15) is 37.1 Å². The Bertz CT molecular complexity index is 797. The lowest BCUT2D eigenvalue weighted by Crippen LogP contribution is -2.25. The van der Waals surface area contributed by atoms with Gasteiger partial charge in [-0.25, -0.2) is 0 Å². The summed E-state index contributed by atoms with van der Waals surface area (Å²) in [5, 5.41) is 9.56. The van der Waals surface area contributed by atoms with Gasteiger partial charge in [-0.1, -0.05) is 32.6 Å². The van der Waals surface area contributed by atoms with Crippen LogP contribution in [0.3, 0.4) is 0 Å². The molecule has 0 bridgehead atoms.